The Kier molecular flexibility index (Phi) is 1.53. The van der Waals surface area contributed by atoms with Crippen molar-refractivity contribution in [2.24, 2.45) is 5.16 Å². The Hall–Kier alpha value is -1.59. The van der Waals surface area contributed by atoms with E-state index < -0.39 is 11.9 Å². The van der Waals surface area contributed by atoms with E-state index in [1.807, 2.05) is 5.32 Å². The highest BCUT2D eigenvalue weighted by Gasteiger charge is 2.20. The van der Waals surface area contributed by atoms with Gasteiger partial charge in [-0.25, -0.2) is 4.79 Å². The van der Waals surface area contributed by atoms with Crippen molar-refractivity contribution in [3.05, 3.63) is 0 Å². The summed E-state index contributed by atoms with van der Waals surface area (Å²) in [5.74, 6) is -0.661. The van der Waals surface area contributed by atoms with Crippen LogP contribution in [0.3, 0.4) is 0 Å². The number of urea groups is 1. The maximum atomic E-state index is 10.6. The molecule has 54 valence electrons. The molecule has 0 aliphatic carbocycles. The minimum absolute atomic E-state index is 0.0266. The summed E-state index contributed by atoms with van der Waals surface area (Å²) >= 11 is 0. The second-order valence-electron chi connectivity index (χ2n) is 1.68. The van der Waals surface area contributed by atoms with Gasteiger partial charge in [-0.15, -0.1) is 0 Å². The second-order valence-corrected chi connectivity index (χ2v) is 1.68. The number of oxime groups is 1. The van der Waals surface area contributed by atoms with Gasteiger partial charge in [-0.05, 0) is 0 Å². The van der Waals surface area contributed by atoms with Gasteiger partial charge in [-0.3, -0.25) is 10.1 Å². The first kappa shape index (κ1) is 6.53. The summed E-state index contributed by atoms with van der Waals surface area (Å²) in [7, 11) is 0. The van der Waals surface area contributed by atoms with E-state index in [1.165, 1.54) is 0 Å². The molecule has 1 fully saturated rings. The lowest BCUT2D eigenvalue weighted by atomic mass is 10.3. The van der Waals surface area contributed by atoms with Crippen LogP contribution in [0.4, 0.5) is 4.79 Å². The smallest absolute Gasteiger partial charge is 0.322 e. The summed E-state index contributed by atoms with van der Waals surface area (Å²) in [6, 6.07) is -0.572. The van der Waals surface area contributed by atoms with Gasteiger partial charge in [0.15, 0.2) is 5.71 Å². The number of imide groups is 1. The fraction of sp³-hybridized carbons (Fsp3) is 0.250. The Morgan fingerprint density at radius 2 is 2.20 bits per heavy atom. The van der Waals surface area contributed by atoms with Crippen LogP contribution in [0.5, 0.6) is 0 Å². The van der Waals surface area contributed by atoms with E-state index in [1.54, 1.807) is 0 Å². The zero-order valence-corrected chi connectivity index (χ0v) is 4.92. The Balaban J connectivity index is 2.69. The normalized spacial score (nSPS) is 22.2. The fourth-order valence-corrected chi connectivity index (χ4v) is 0.545. The van der Waals surface area contributed by atoms with Crippen molar-refractivity contribution in [2.45, 2.75) is 0 Å². The molecule has 6 heteroatoms. The van der Waals surface area contributed by atoms with Gasteiger partial charge in [0.1, 0.15) is 0 Å². The van der Waals surface area contributed by atoms with Crippen molar-refractivity contribution < 1.29 is 14.8 Å². The number of carbonyl (C=O) groups is 2. The Bertz CT molecular complexity index is 210. The van der Waals surface area contributed by atoms with Gasteiger partial charge in [-0.1, -0.05) is 5.16 Å². The Morgan fingerprint density at radius 1 is 1.50 bits per heavy atom. The summed E-state index contributed by atoms with van der Waals surface area (Å²) in [5.41, 5.74) is -0.0976. The van der Waals surface area contributed by atoms with E-state index in [-0.39, 0.29) is 12.3 Å². The largest absolute Gasteiger partial charge is 0.410 e. The molecule has 0 aromatic rings. The number of hydrogen-bond donors (Lipinski definition) is 3. The summed E-state index contributed by atoms with van der Waals surface area (Å²) in [5, 5.41) is 14.9. The van der Waals surface area contributed by atoms with E-state index in [2.05, 4.69) is 10.5 Å². The number of hydrogen-bond acceptors (Lipinski definition) is 4. The van der Waals surface area contributed by atoms with Crippen molar-refractivity contribution >= 4 is 17.6 Å². The van der Waals surface area contributed by atoms with Gasteiger partial charge in [0.2, 0.25) is 0 Å². The lowest BCUT2D eigenvalue weighted by molar-refractivity contribution is -0.114. The van der Waals surface area contributed by atoms with Gasteiger partial charge in [-0.2, -0.15) is 0 Å². The molecule has 0 aromatic carbocycles. The van der Waals surface area contributed by atoms with Crippen LogP contribution in [-0.2, 0) is 4.79 Å². The third kappa shape index (κ3) is 1.04. The molecule has 1 aliphatic heterocycles. The minimum atomic E-state index is -0.661. The van der Waals surface area contributed by atoms with Crippen LogP contribution in [0.2, 0.25) is 0 Å². The highest BCUT2D eigenvalue weighted by molar-refractivity contribution is 6.43. The summed E-state index contributed by atoms with van der Waals surface area (Å²) < 4.78 is 0. The predicted molar refractivity (Wildman–Crippen MR) is 30.8 cm³/mol. The number of carbonyl (C=O) groups excluding carboxylic acids is 2. The molecule has 0 spiro atoms. The molecule has 1 heterocycles. The number of nitrogens with zero attached hydrogens (tertiary/aromatic N) is 1. The zero-order chi connectivity index (χ0) is 7.56. The first-order valence-electron chi connectivity index (χ1n) is 2.54. The second kappa shape index (κ2) is 2.34. The summed E-state index contributed by atoms with van der Waals surface area (Å²) in [6.45, 7) is -0.0266. The number of nitrogens with one attached hydrogen (secondary N) is 2. The highest BCUT2D eigenvalue weighted by Crippen LogP contribution is 1.83. The molecule has 3 amide bonds. The molecular weight excluding hydrogens is 138 g/mol. The Morgan fingerprint density at radius 3 is 2.70 bits per heavy atom. The van der Waals surface area contributed by atoms with Crippen LogP contribution in [-0.4, -0.2) is 29.4 Å². The van der Waals surface area contributed by atoms with Gasteiger partial charge in [0.05, 0.1) is 6.54 Å². The van der Waals surface area contributed by atoms with Crippen molar-refractivity contribution in [2.75, 3.05) is 6.54 Å². The van der Waals surface area contributed by atoms with E-state index in [0.29, 0.717) is 0 Å². The molecule has 10 heavy (non-hydrogen) atoms. The molecule has 1 rings (SSSR count). The van der Waals surface area contributed by atoms with Crippen LogP contribution in [0, 0.1) is 0 Å². The van der Waals surface area contributed by atoms with Gasteiger partial charge >= 0.3 is 6.03 Å². The van der Waals surface area contributed by atoms with Crippen LogP contribution >= 0.6 is 0 Å². The van der Waals surface area contributed by atoms with E-state index in [9.17, 15) is 9.59 Å². The van der Waals surface area contributed by atoms with Crippen molar-refractivity contribution in [1.29, 1.82) is 0 Å². The van der Waals surface area contributed by atoms with Gasteiger partial charge in [0.25, 0.3) is 5.91 Å². The molecule has 0 saturated carbocycles. The molecule has 0 aromatic heterocycles. The maximum Gasteiger partial charge on any atom is 0.322 e. The van der Waals surface area contributed by atoms with Crippen LogP contribution in [0.1, 0.15) is 0 Å². The molecule has 0 bridgehead atoms. The first-order chi connectivity index (χ1) is 4.74. The van der Waals surface area contributed by atoms with Crippen LogP contribution in [0.15, 0.2) is 5.16 Å². The lowest BCUT2D eigenvalue weighted by Gasteiger charge is -2.11. The fourth-order valence-electron chi connectivity index (χ4n) is 0.545. The van der Waals surface area contributed by atoms with Gasteiger partial charge in [0, 0.05) is 0 Å². The van der Waals surface area contributed by atoms with Crippen LogP contribution < -0.4 is 10.6 Å². The topological polar surface area (TPSA) is 90.8 Å². The SMILES string of the molecule is O=C1NCC(=NO)C(=O)N1. The quantitative estimate of drug-likeness (QED) is 0.289. The standard InChI is InChI=1S/C4H5N3O3/c8-3-2(7-10)1-5-4(9)6-3/h10H,1H2,(H2,5,6,8,9). The van der Waals surface area contributed by atoms with Crippen LogP contribution in [0.25, 0.3) is 0 Å². The van der Waals surface area contributed by atoms with Crippen molar-refractivity contribution in [3.63, 3.8) is 0 Å². The van der Waals surface area contributed by atoms with E-state index >= 15 is 0 Å². The first-order valence-corrected chi connectivity index (χ1v) is 2.54. The predicted octanol–water partition coefficient (Wildman–Crippen LogP) is -1.34. The number of amides is 3. The highest BCUT2D eigenvalue weighted by atomic mass is 16.4. The molecule has 6 nitrogen and oxygen atoms in total. The van der Waals surface area contributed by atoms with E-state index in [0.717, 1.165) is 0 Å². The molecule has 0 unspecified atom stereocenters. The van der Waals surface area contributed by atoms with Gasteiger partial charge < -0.3 is 10.5 Å². The molecule has 1 saturated heterocycles. The van der Waals surface area contributed by atoms with Crippen molar-refractivity contribution in [1.82, 2.24) is 10.6 Å². The molecule has 0 atom stereocenters. The third-order valence-electron chi connectivity index (χ3n) is 1.03. The summed E-state index contributed by atoms with van der Waals surface area (Å²) in [6.07, 6.45) is 0. The average Bonchev–Trinajstić information content (AvgIpc) is 1.88. The molecular formula is C4H5N3O3. The monoisotopic (exact) mass is 143 g/mol. The van der Waals surface area contributed by atoms with E-state index in [4.69, 9.17) is 5.21 Å². The average molecular weight is 143 g/mol. The zero-order valence-electron chi connectivity index (χ0n) is 4.92. The summed E-state index contributed by atoms with van der Waals surface area (Å²) in [4.78, 5) is 20.9. The molecule has 3 N–H and O–H groups in total. The molecule has 0 radical (unpaired) electrons. The third-order valence-corrected chi connectivity index (χ3v) is 1.03. The lowest BCUT2D eigenvalue weighted by Crippen LogP contribution is -2.52. The number of rotatable bonds is 0. The van der Waals surface area contributed by atoms with Crippen molar-refractivity contribution in [3.8, 4) is 0 Å². The Labute approximate surface area is 55.9 Å². The molecule has 1 aliphatic rings. The minimum Gasteiger partial charge on any atom is -0.410 e. The maximum absolute atomic E-state index is 10.6.